The molecule has 3 heteroatoms. The summed E-state index contributed by atoms with van der Waals surface area (Å²) in [5.41, 5.74) is 8.45. The molecule has 0 aromatic heterocycles. The van der Waals surface area contributed by atoms with Gasteiger partial charge in [0.2, 0.25) is 0 Å². The number of nitrogens with zero attached hydrogens (tertiary/aromatic N) is 1. The molecule has 0 bridgehead atoms. The molecule has 1 atom stereocenters. The van der Waals surface area contributed by atoms with Crippen LogP contribution in [0.2, 0.25) is 0 Å². The molecular formula is C14H22N2O. The van der Waals surface area contributed by atoms with Gasteiger partial charge in [-0.15, -0.1) is 0 Å². The number of hydrogen-bond acceptors (Lipinski definition) is 3. The van der Waals surface area contributed by atoms with E-state index in [1.54, 1.807) is 7.11 Å². The van der Waals surface area contributed by atoms with Gasteiger partial charge in [0, 0.05) is 24.2 Å². The number of nitrogens with two attached hydrogens (primary N) is 1. The Hall–Kier alpha value is -1.22. The van der Waals surface area contributed by atoms with Crippen LogP contribution in [0.1, 0.15) is 31.7 Å². The Labute approximate surface area is 104 Å². The highest BCUT2D eigenvalue weighted by atomic mass is 16.5. The summed E-state index contributed by atoms with van der Waals surface area (Å²) in [6, 6.07) is 6.91. The quantitative estimate of drug-likeness (QED) is 0.869. The standard InChI is InChI=1S/C14H22N2O/c1-10(2)16-9-11(6-7-15)13-8-12(17-3)4-5-14(13)16/h4-5,8,10-11H,6-7,9,15H2,1-3H3. The van der Waals surface area contributed by atoms with E-state index in [-0.39, 0.29) is 0 Å². The van der Waals surface area contributed by atoms with Crippen molar-refractivity contribution >= 4 is 5.69 Å². The molecule has 0 saturated heterocycles. The van der Waals surface area contributed by atoms with Gasteiger partial charge in [-0.2, -0.15) is 0 Å². The van der Waals surface area contributed by atoms with E-state index in [0.29, 0.717) is 12.0 Å². The van der Waals surface area contributed by atoms with Crippen LogP contribution in [0.25, 0.3) is 0 Å². The van der Waals surface area contributed by atoms with Crippen molar-refractivity contribution in [3.05, 3.63) is 23.8 Å². The van der Waals surface area contributed by atoms with Gasteiger partial charge in [-0.1, -0.05) is 0 Å². The number of rotatable bonds is 4. The first-order valence-electron chi connectivity index (χ1n) is 6.32. The molecule has 1 unspecified atom stereocenters. The van der Waals surface area contributed by atoms with Crippen LogP contribution in [0, 0.1) is 0 Å². The maximum absolute atomic E-state index is 5.71. The smallest absolute Gasteiger partial charge is 0.119 e. The van der Waals surface area contributed by atoms with E-state index in [9.17, 15) is 0 Å². The lowest BCUT2D eigenvalue weighted by Gasteiger charge is -2.24. The summed E-state index contributed by atoms with van der Waals surface area (Å²) >= 11 is 0. The molecule has 1 aliphatic heterocycles. The number of benzene rings is 1. The molecule has 94 valence electrons. The van der Waals surface area contributed by atoms with E-state index in [1.807, 2.05) is 6.07 Å². The largest absolute Gasteiger partial charge is 0.497 e. The maximum Gasteiger partial charge on any atom is 0.119 e. The van der Waals surface area contributed by atoms with Crippen LogP contribution >= 0.6 is 0 Å². The highest BCUT2D eigenvalue weighted by molar-refractivity contribution is 5.62. The Balaban J connectivity index is 2.36. The maximum atomic E-state index is 5.71. The fourth-order valence-corrected chi connectivity index (χ4v) is 2.62. The summed E-state index contributed by atoms with van der Waals surface area (Å²) < 4.78 is 5.31. The zero-order chi connectivity index (χ0) is 12.4. The van der Waals surface area contributed by atoms with Crippen LogP contribution in [0.5, 0.6) is 5.75 Å². The van der Waals surface area contributed by atoms with E-state index in [1.165, 1.54) is 11.3 Å². The third-order valence-electron chi connectivity index (χ3n) is 3.54. The van der Waals surface area contributed by atoms with Gasteiger partial charge in [0.05, 0.1) is 7.11 Å². The lowest BCUT2D eigenvalue weighted by molar-refractivity contribution is 0.414. The van der Waals surface area contributed by atoms with Crippen molar-refractivity contribution in [2.45, 2.75) is 32.2 Å². The molecule has 17 heavy (non-hydrogen) atoms. The van der Waals surface area contributed by atoms with E-state index in [0.717, 1.165) is 25.3 Å². The van der Waals surface area contributed by atoms with Gasteiger partial charge in [-0.3, -0.25) is 0 Å². The average molecular weight is 234 g/mol. The number of fused-ring (bicyclic) bond motifs is 1. The predicted octanol–water partition coefficient (Wildman–Crippen LogP) is 2.36. The lowest BCUT2D eigenvalue weighted by Crippen LogP contribution is -2.29. The molecule has 0 fully saturated rings. The molecule has 1 aromatic carbocycles. The molecule has 1 aromatic rings. The Morgan fingerprint density at radius 2 is 2.24 bits per heavy atom. The fourth-order valence-electron chi connectivity index (χ4n) is 2.62. The zero-order valence-corrected chi connectivity index (χ0v) is 10.9. The predicted molar refractivity (Wildman–Crippen MR) is 71.9 cm³/mol. The van der Waals surface area contributed by atoms with Crippen LogP contribution in [-0.4, -0.2) is 26.2 Å². The van der Waals surface area contributed by atoms with E-state index in [2.05, 4.69) is 30.9 Å². The van der Waals surface area contributed by atoms with E-state index < -0.39 is 0 Å². The van der Waals surface area contributed by atoms with Gasteiger partial charge in [0.15, 0.2) is 0 Å². The second-order valence-corrected chi connectivity index (χ2v) is 4.95. The number of methoxy groups -OCH3 is 1. The lowest BCUT2D eigenvalue weighted by atomic mass is 9.98. The summed E-state index contributed by atoms with van der Waals surface area (Å²) in [5, 5.41) is 0. The molecule has 3 nitrogen and oxygen atoms in total. The minimum Gasteiger partial charge on any atom is -0.497 e. The first-order valence-corrected chi connectivity index (χ1v) is 6.32. The second kappa shape index (κ2) is 4.96. The molecule has 1 aliphatic rings. The normalized spacial score (nSPS) is 18.6. The van der Waals surface area contributed by atoms with Crippen molar-refractivity contribution in [1.82, 2.24) is 0 Å². The first-order chi connectivity index (χ1) is 8.17. The molecule has 0 radical (unpaired) electrons. The van der Waals surface area contributed by atoms with Gasteiger partial charge in [-0.25, -0.2) is 0 Å². The van der Waals surface area contributed by atoms with Crippen LogP contribution in [0.15, 0.2) is 18.2 Å². The first kappa shape index (κ1) is 12.2. The molecule has 0 saturated carbocycles. The Kier molecular flexibility index (Phi) is 3.57. The zero-order valence-electron chi connectivity index (χ0n) is 10.9. The third-order valence-corrected chi connectivity index (χ3v) is 3.54. The minimum absolute atomic E-state index is 0.532. The van der Waals surface area contributed by atoms with Crippen molar-refractivity contribution in [2.75, 3.05) is 25.1 Å². The van der Waals surface area contributed by atoms with E-state index in [4.69, 9.17) is 10.5 Å². The molecule has 2 rings (SSSR count). The van der Waals surface area contributed by atoms with Crippen molar-refractivity contribution in [1.29, 1.82) is 0 Å². The van der Waals surface area contributed by atoms with Gasteiger partial charge in [0.1, 0.15) is 5.75 Å². The van der Waals surface area contributed by atoms with Crippen LogP contribution in [0.4, 0.5) is 5.69 Å². The molecule has 0 aliphatic carbocycles. The number of ether oxygens (including phenoxy) is 1. The summed E-state index contributed by atoms with van der Waals surface area (Å²) in [6.45, 7) is 6.29. The summed E-state index contributed by atoms with van der Waals surface area (Å²) in [6.07, 6.45) is 1.05. The van der Waals surface area contributed by atoms with Crippen molar-refractivity contribution in [3.63, 3.8) is 0 Å². The highest BCUT2D eigenvalue weighted by Gasteiger charge is 2.29. The SMILES string of the molecule is COc1ccc2c(c1)C(CCN)CN2C(C)C. The summed E-state index contributed by atoms with van der Waals surface area (Å²) in [5.74, 6) is 1.49. The van der Waals surface area contributed by atoms with Gasteiger partial charge < -0.3 is 15.4 Å². The van der Waals surface area contributed by atoms with Crippen molar-refractivity contribution in [3.8, 4) is 5.75 Å². The summed E-state index contributed by atoms with van der Waals surface area (Å²) in [7, 11) is 1.72. The molecule has 1 heterocycles. The third kappa shape index (κ3) is 2.25. The molecule has 0 spiro atoms. The second-order valence-electron chi connectivity index (χ2n) is 4.95. The fraction of sp³-hybridized carbons (Fsp3) is 0.571. The number of hydrogen-bond donors (Lipinski definition) is 1. The van der Waals surface area contributed by atoms with Gasteiger partial charge >= 0.3 is 0 Å². The van der Waals surface area contributed by atoms with Crippen molar-refractivity contribution < 1.29 is 4.74 Å². The monoisotopic (exact) mass is 234 g/mol. The highest BCUT2D eigenvalue weighted by Crippen LogP contribution is 2.40. The number of anilines is 1. The molecule has 2 N–H and O–H groups in total. The molecular weight excluding hydrogens is 212 g/mol. The van der Waals surface area contributed by atoms with Gasteiger partial charge in [0.25, 0.3) is 0 Å². The Morgan fingerprint density at radius 3 is 2.82 bits per heavy atom. The Morgan fingerprint density at radius 1 is 1.47 bits per heavy atom. The average Bonchev–Trinajstić information content (AvgIpc) is 2.68. The Bertz CT molecular complexity index is 390. The molecule has 0 amide bonds. The summed E-state index contributed by atoms with van der Waals surface area (Å²) in [4.78, 5) is 2.45. The topological polar surface area (TPSA) is 38.5 Å². The van der Waals surface area contributed by atoms with Gasteiger partial charge in [-0.05, 0) is 50.6 Å². The van der Waals surface area contributed by atoms with E-state index >= 15 is 0 Å². The van der Waals surface area contributed by atoms with Crippen LogP contribution in [0.3, 0.4) is 0 Å². The van der Waals surface area contributed by atoms with Crippen LogP contribution in [-0.2, 0) is 0 Å². The van der Waals surface area contributed by atoms with Crippen molar-refractivity contribution in [2.24, 2.45) is 5.73 Å². The van der Waals surface area contributed by atoms with Crippen LogP contribution < -0.4 is 15.4 Å². The minimum atomic E-state index is 0.532.